The molecule has 1 atom stereocenters. The van der Waals surface area contributed by atoms with Crippen LogP contribution < -0.4 is 10.6 Å². The van der Waals surface area contributed by atoms with Gasteiger partial charge in [0.2, 0.25) is 11.8 Å². The molecule has 1 aliphatic carbocycles. The molecule has 126 valence electrons. The monoisotopic (exact) mass is 316 g/mol. The summed E-state index contributed by atoms with van der Waals surface area (Å²) in [4.78, 5) is 24.5. The number of carbonyl (C=O) groups is 2. The van der Waals surface area contributed by atoms with Crippen molar-refractivity contribution in [3.8, 4) is 0 Å². The molecule has 1 unspecified atom stereocenters. The van der Waals surface area contributed by atoms with Crippen LogP contribution in [0.2, 0.25) is 0 Å². The second kappa shape index (κ2) is 8.14. The van der Waals surface area contributed by atoms with Gasteiger partial charge in [0.25, 0.3) is 0 Å². The van der Waals surface area contributed by atoms with E-state index < -0.39 is 0 Å². The summed E-state index contributed by atoms with van der Waals surface area (Å²) < 4.78 is 0. The van der Waals surface area contributed by atoms with Crippen molar-refractivity contribution in [1.82, 2.24) is 5.32 Å². The summed E-state index contributed by atoms with van der Waals surface area (Å²) in [6.07, 6.45) is 4.12. The number of carbonyl (C=O) groups excluding carboxylic acids is 2. The third-order valence-corrected chi connectivity index (χ3v) is 4.79. The third kappa shape index (κ3) is 5.08. The summed E-state index contributed by atoms with van der Waals surface area (Å²) in [6, 6.07) is 8.07. The van der Waals surface area contributed by atoms with Crippen molar-refractivity contribution in [2.24, 2.45) is 11.8 Å². The van der Waals surface area contributed by atoms with Gasteiger partial charge in [0.15, 0.2) is 0 Å². The average Bonchev–Trinajstić information content (AvgIpc) is 2.56. The van der Waals surface area contributed by atoms with Gasteiger partial charge in [0.1, 0.15) is 0 Å². The maximum Gasteiger partial charge on any atom is 0.227 e. The van der Waals surface area contributed by atoms with Gasteiger partial charge in [0, 0.05) is 23.6 Å². The van der Waals surface area contributed by atoms with Crippen LogP contribution in [0.1, 0.15) is 51.5 Å². The smallest absolute Gasteiger partial charge is 0.227 e. The van der Waals surface area contributed by atoms with E-state index in [-0.39, 0.29) is 29.7 Å². The lowest BCUT2D eigenvalue weighted by molar-refractivity contribution is -0.129. The van der Waals surface area contributed by atoms with Crippen LogP contribution in [0, 0.1) is 18.8 Å². The highest BCUT2D eigenvalue weighted by Gasteiger charge is 2.30. The van der Waals surface area contributed by atoms with Crippen molar-refractivity contribution < 1.29 is 9.59 Å². The molecule has 0 saturated heterocycles. The lowest BCUT2D eigenvalue weighted by atomic mass is 9.81. The molecule has 4 heteroatoms. The molecule has 0 bridgehead atoms. The Morgan fingerprint density at radius 3 is 2.09 bits per heavy atom. The zero-order valence-electron chi connectivity index (χ0n) is 14.4. The first-order chi connectivity index (χ1) is 11.0. The summed E-state index contributed by atoms with van der Waals surface area (Å²) in [5.74, 6) is 0.308. The molecule has 2 amide bonds. The predicted octanol–water partition coefficient (Wildman–Crippen LogP) is 3.65. The number of hydrogen-bond donors (Lipinski definition) is 2. The van der Waals surface area contributed by atoms with Crippen LogP contribution in [0.5, 0.6) is 0 Å². The quantitative estimate of drug-likeness (QED) is 0.871. The molecule has 1 aromatic carbocycles. The molecule has 23 heavy (non-hydrogen) atoms. The van der Waals surface area contributed by atoms with Crippen LogP contribution in [0.3, 0.4) is 0 Å². The number of benzene rings is 1. The molecule has 1 saturated carbocycles. The minimum absolute atomic E-state index is 0.0175. The number of amides is 2. The largest absolute Gasteiger partial charge is 0.353 e. The minimum Gasteiger partial charge on any atom is -0.353 e. The van der Waals surface area contributed by atoms with Gasteiger partial charge in [-0.3, -0.25) is 9.59 Å². The van der Waals surface area contributed by atoms with Crippen LogP contribution in [-0.4, -0.2) is 17.9 Å². The zero-order valence-corrected chi connectivity index (χ0v) is 14.4. The Hall–Kier alpha value is -1.84. The van der Waals surface area contributed by atoms with E-state index in [1.807, 2.05) is 38.1 Å². The first-order valence-electron chi connectivity index (χ1n) is 8.67. The second-order valence-electron chi connectivity index (χ2n) is 6.72. The van der Waals surface area contributed by atoms with Gasteiger partial charge in [-0.05, 0) is 58.1 Å². The first-order valence-corrected chi connectivity index (χ1v) is 8.67. The maximum absolute atomic E-state index is 12.3. The number of aryl methyl sites for hydroxylation is 1. The molecule has 4 nitrogen and oxygen atoms in total. The standard InChI is InChI=1S/C19H28N2O2/c1-4-14(3)20-18(22)15-7-9-16(10-8-15)19(23)21-17-11-5-13(2)6-12-17/h5-6,11-12,14-16H,4,7-10H2,1-3H3,(H,20,22)(H,21,23). The zero-order chi connectivity index (χ0) is 16.8. The molecule has 1 aliphatic rings. The molecule has 1 fully saturated rings. The Kier molecular flexibility index (Phi) is 6.20. The number of anilines is 1. The van der Waals surface area contributed by atoms with E-state index in [0.717, 1.165) is 37.8 Å². The van der Waals surface area contributed by atoms with Gasteiger partial charge in [-0.2, -0.15) is 0 Å². The third-order valence-electron chi connectivity index (χ3n) is 4.79. The minimum atomic E-state index is 0.0175. The topological polar surface area (TPSA) is 58.2 Å². The summed E-state index contributed by atoms with van der Waals surface area (Å²) in [5.41, 5.74) is 2.02. The second-order valence-corrected chi connectivity index (χ2v) is 6.72. The lowest BCUT2D eigenvalue weighted by Gasteiger charge is -2.28. The fourth-order valence-corrected chi connectivity index (χ4v) is 2.96. The maximum atomic E-state index is 12.3. The van der Waals surface area contributed by atoms with E-state index in [1.165, 1.54) is 5.56 Å². The van der Waals surface area contributed by atoms with E-state index in [0.29, 0.717) is 0 Å². The van der Waals surface area contributed by atoms with Crippen molar-refractivity contribution in [3.63, 3.8) is 0 Å². The Labute approximate surface area is 139 Å². The van der Waals surface area contributed by atoms with E-state index in [4.69, 9.17) is 0 Å². The predicted molar refractivity (Wildman–Crippen MR) is 93.2 cm³/mol. The van der Waals surface area contributed by atoms with E-state index in [9.17, 15) is 9.59 Å². The van der Waals surface area contributed by atoms with Crippen molar-refractivity contribution >= 4 is 17.5 Å². The molecular formula is C19H28N2O2. The summed E-state index contributed by atoms with van der Waals surface area (Å²) in [7, 11) is 0. The van der Waals surface area contributed by atoms with E-state index in [1.54, 1.807) is 0 Å². The molecule has 2 N–H and O–H groups in total. The van der Waals surface area contributed by atoms with Gasteiger partial charge in [-0.25, -0.2) is 0 Å². The van der Waals surface area contributed by atoms with Crippen LogP contribution in [-0.2, 0) is 9.59 Å². The van der Waals surface area contributed by atoms with Gasteiger partial charge < -0.3 is 10.6 Å². The fourth-order valence-electron chi connectivity index (χ4n) is 2.96. The normalized spacial score (nSPS) is 22.2. The van der Waals surface area contributed by atoms with Gasteiger partial charge in [-0.15, -0.1) is 0 Å². The SMILES string of the molecule is CCC(C)NC(=O)C1CCC(C(=O)Nc2ccc(C)cc2)CC1. The van der Waals surface area contributed by atoms with Crippen LogP contribution in [0.25, 0.3) is 0 Å². The molecule has 0 radical (unpaired) electrons. The molecule has 1 aromatic rings. The number of nitrogens with one attached hydrogen (secondary N) is 2. The van der Waals surface area contributed by atoms with Crippen molar-refractivity contribution in [1.29, 1.82) is 0 Å². The average molecular weight is 316 g/mol. The van der Waals surface area contributed by atoms with Crippen molar-refractivity contribution in [3.05, 3.63) is 29.8 Å². The first kappa shape index (κ1) is 17.5. The molecule has 0 aliphatic heterocycles. The van der Waals surface area contributed by atoms with Crippen LogP contribution >= 0.6 is 0 Å². The summed E-state index contributed by atoms with van der Waals surface area (Å²) >= 11 is 0. The summed E-state index contributed by atoms with van der Waals surface area (Å²) in [5, 5.41) is 6.03. The number of hydrogen-bond acceptors (Lipinski definition) is 2. The molecular weight excluding hydrogens is 288 g/mol. The van der Waals surface area contributed by atoms with Crippen LogP contribution in [0.4, 0.5) is 5.69 Å². The van der Waals surface area contributed by atoms with Gasteiger partial charge in [-0.1, -0.05) is 24.6 Å². The summed E-state index contributed by atoms with van der Waals surface area (Å²) in [6.45, 7) is 6.12. The highest BCUT2D eigenvalue weighted by molar-refractivity contribution is 5.92. The van der Waals surface area contributed by atoms with E-state index >= 15 is 0 Å². The lowest BCUT2D eigenvalue weighted by Crippen LogP contribution is -2.39. The Balaban J connectivity index is 1.80. The highest BCUT2D eigenvalue weighted by atomic mass is 16.2. The van der Waals surface area contributed by atoms with Gasteiger partial charge >= 0.3 is 0 Å². The molecule has 2 rings (SSSR count). The molecule has 0 spiro atoms. The fraction of sp³-hybridized carbons (Fsp3) is 0.579. The Bertz CT molecular complexity index is 531. The molecule has 0 aromatic heterocycles. The van der Waals surface area contributed by atoms with E-state index in [2.05, 4.69) is 17.6 Å². The Morgan fingerprint density at radius 1 is 1.04 bits per heavy atom. The van der Waals surface area contributed by atoms with Gasteiger partial charge in [0.05, 0.1) is 0 Å². The van der Waals surface area contributed by atoms with Crippen molar-refractivity contribution in [2.45, 2.75) is 58.9 Å². The van der Waals surface area contributed by atoms with Crippen molar-refractivity contribution in [2.75, 3.05) is 5.32 Å². The number of rotatable bonds is 5. The molecule has 0 heterocycles. The Morgan fingerprint density at radius 2 is 1.57 bits per heavy atom. The highest BCUT2D eigenvalue weighted by Crippen LogP contribution is 2.30. The van der Waals surface area contributed by atoms with Crippen LogP contribution in [0.15, 0.2) is 24.3 Å².